The van der Waals surface area contributed by atoms with Crippen LogP contribution in [-0.4, -0.2) is 6.17 Å². The third-order valence-electron chi connectivity index (χ3n) is 5.77. The number of allylic oxidation sites excluding steroid dienone is 4. The molecule has 1 heterocycles. The highest BCUT2D eigenvalue weighted by Gasteiger charge is 2.29. The first kappa shape index (κ1) is 16.3. The lowest BCUT2D eigenvalue weighted by Gasteiger charge is -2.31. The molecule has 0 amide bonds. The average molecular weight is 332 g/mol. The summed E-state index contributed by atoms with van der Waals surface area (Å²) < 4.78 is 0. The van der Waals surface area contributed by atoms with Gasteiger partial charge in [0.05, 0.1) is 5.70 Å². The van der Waals surface area contributed by atoms with E-state index in [2.05, 4.69) is 92.7 Å². The van der Waals surface area contributed by atoms with Crippen LogP contribution in [0.2, 0.25) is 0 Å². The van der Waals surface area contributed by atoms with Crippen molar-refractivity contribution in [1.29, 1.82) is 0 Å². The van der Waals surface area contributed by atoms with Gasteiger partial charge in [0.15, 0.2) is 0 Å². The number of anilines is 1. The average Bonchev–Trinajstić information content (AvgIpc) is 3.20. The van der Waals surface area contributed by atoms with Gasteiger partial charge in [-0.05, 0) is 59.9 Å². The Morgan fingerprint density at radius 3 is 2.80 bits per heavy atom. The van der Waals surface area contributed by atoms with E-state index in [-0.39, 0.29) is 6.17 Å². The summed E-state index contributed by atoms with van der Waals surface area (Å²) in [6.07, 6.45) is 15.1. The minimum Gasteiger partial charge on any atom is -0.369 e. The molecule has 1 aromatic rings. The zero-order chi connectivity index (χ0) is 17.6. The minimum atomic E-state index is 0.268. The molecule has 0 spiro atoms. The number of hydrogen-bond acceptors (Lipinski definition) is 2. The monoisotopic (exact) mass is 332 g/mol. The molecular weight excluding hydrogens is 304 g/mol. The number of benzene rings is 1. The van der Waals surface area contributed by atoms with Gasteiger partial charge in [0.25, 0.3) is 0 Å². The highest BCUT2D eigenvalue weighted by molar-refractivity contribution is 5.69. The Morgan fingerprint density at radius 2 is 2.00 bits per heavy atom. The number of nitrogens with one attached hydrogen (secondary N) is 1. The van der Waals surface area contributed by atoms with E-state index in [1.165, 1.54) is 28.1 Å². The lowest BCUT2D eigenvalue weighted by atomic mass is 9.79. The maximum Gasteiger partial charge on any atom is 0.101 e. The molecule has 1 N–H and O–H groups in total. The summed E-state index contributed by atoms with van der Waals surface area (Å²) in [4.78, 5) is 2.43. The SMILES string of the molecule is CC(C)C1C=C(C2=CNC(C)N2c2ccc3c(c2)C=CC3)C=CC1C. The van der Waals surface area contributed by atoms with E-state index in [0.29, 0.717) is 17.8 Å². The topological polar surface area (TPSA) is 15.3 Å². The van der Waals surface area contributed by atoms with Crippen LogP contribution < -0.4 is 10.2 Å². The van der Waals surface area contributed by atoms with E-state index in [0.717, 1.165) is 6.42 Å². The summed E-state index contributed by atoms with van der Waals surface area (Å²) in [6, 6.07) is 6.86. The van der Waals surface area contributed by atoms with Crippen LogP contribution in [0, 0.1) is 17.8 Å². The molecule has 2 nitrogen and oxygen atoms in total. The van der Waals surface area contributed by atoms with Gasteiger partial charge in [-0.2, -0.15) is 0 Å². The fourth-order valence-corrected chi connectivity index (χ4v) is 4.29. The number of nitrogens with zero attached hydrogens (tertiary/aromatic N) is 1. The second kappa shape index (κ2) is 6.25. The van der Waals surface area contributed by atoms with Crippen molar-refractivity contribution in [2.24, 2.45) is 17.8 Å². The molecule has 2 heteroatoms. The third kappa shape index (κ3) is 2.84. The lowest BCUT2D eigenvalue weighted by molar-refractivity contribution is 0.379. The number of hydrogen-bond donors (Lipinski definition) is 1. The van der Waals surface area contributed by atoms with Gasteiger partial charge in [0.2, 0.25) is 0 Å². The van der Waals surface area contributed by atoms with E-state index >= 15 is 0 Å². The van der Waals surface area contributed by atoms with Crippen LogP contribution in [0.25, 0.3) is 6.08 Å². The van der Waals surface area contributed by atoms with E-state index in [9.17, 15) is 0 Å². The van der Waals surface area contributed by atoms with Crippen LogP contribution in [0.15, 0.2) is 60.0 Å². The second-order valence-corrected chi connectivity index (χ2v) is 7.89. The highest BCUT2D eigenvalue weighted by atomic mass is 15.3. The molecule has 4 rings (SSSR count). The van der Waals surface area contributed by atoms with Gasteiger partial charge in [-0.1, -0.05) is 57.2 Å². The Bertz CT molecular complexity index is 794. The normalized spacial score (nSPS) is 27.4. The number of rotatable bonds is 3. The Kier molecular flexibility index (Phi) is 4.07. The molecule has 0 saturated carbocycles. The van der Waals surface area contributed by atoms with Crippen molar-refractivity contribution in [1.82, 2.24) is 5.32 Å². The second-order valence-electron chi connectivity index (χ2n) is 7.89. The van der Waals surface area contributed by atoms with E-state index in [1.54, 1.807) is 0 Å². The Labute approximate surface area is 151 Å². The maximum atomic E-state index is 3.51. The quantitative estimate of drug-likeness (QED) is 0.812. The van der Waals surface area contributed by atoms with Crippen molar-refractivity contribution >= 4 is 11.8 Å². The van der Waals surface area contributed by atoms with Gasteiger partial charge < -0.3 is 10.2 Å². The van der Waals surface area contributed by atoms with E-state index in [4.69, 9.17) is 0 Å². The van der Waals surface area contributed by atoms with Crippen molar-refractivity contribution in [3.8, 4) is 0 Å². The van der Waals surface area contributed by atoms with Crippen molar-refractivity contribution in [3.05, 3.63) is 71.1 Å². The first-order valence-electron chi connectivity index (χ1n) is 9.50. The molecule has 0 radical (unpaired) electrons. The van der Waals surface area contributed by atoms with Crippen molar-refractivity contribution < 1.29 is 0 Å². The zero-order valence-corrected chi connectivity index (χ0v) is 15.7. The van der Waals surface area contributed by atoms with Gasteiger partial charge in [-0.15, -0.1) is 0 Å². The first-order chi connectivity index (χ1) is 12.0. The van der Waals surface area contributed by atoms with Crippen LogP contribution in [0.3, 0.4) is 0 Å². The largest absolute Gasteiger partial charge is 0.369 e. The van der Waals surface area contributed by atoms with Gasteiger partial charge in [0.1, 0.15) is 6.17 Å². The third-order valence-corrected chi connectivity index (χ3v) is 5.77. The molecule has 0 bridgehead atoms. The molecule has 3 aliphatic rings. The molecule has 25 heavy (non-hydrogen) atoms. The maximum absolute atomic E-state index is 3.51. The molecule has 3 unspecified atom stereocenters. The van der Waals surface area contributed by atoms with Gasteiger partial charge in [-0.3, -0.25) is 0 Å². The molecule has 3 atom stereocenters. The summed E-state index contributed by atoms with van der Waals surface area (Å²) in [7, 11) is 0. The summed E-state index contributed by atoms with van der Waals surface area (Å²) in [5.74, 6) is 1.86. The molecule has 130 valence electrons. The fourth-order valence-electron chi connectivity index (χ4n) is 4.29. The summed E-state index contributed by atoms with van der Waals surface area (Å²) in [6.45, 7) is 9.19. The zero-order valence-electron chi connectivity index (χ0n) is 15.7. The molecule has 1 aromatic carbocycles. The van der Waals surface area contributed by atoms with E-state index in [1.807, 2.05) is 0 Å². The van der Waals surface area contributed by atoms with Crippen LogP contribution in [0.1, 0.15) is 38.8 Å². The van der Waals surface area contributed by atoms with Gasteiger partial charge >= 0.3 is 0 Å². The highest BCUT2D eigenvalue weighted by Crippen LogP contribution is 2.37. The Balaban J connectivity index is 1.69. The molecule has 0 aromatic heterocycles. The summed E-state index contributed by atoms with van der Waals surface area (Å²) >= 11 is 0. The van der Waals surface area contributed by atoms with Crippen molar-refractivity contribution in [2.45, 2.75) is 40.3 Å². The first-order valence-corrected chi connectivity index (χ1v) is 9.50. The molecule has 0 fully saturated rings. The molecule has 0 saturated heterocycles. The lowest BCUT2D eigenvalue weighted by Crippen LogP contribution is -2.34. The summed E-state index contributed by atoms with van der Waals surface area (Å²) in [5, 5.41) is 3.51. The van der Waals surface area contributed by atoms with Gasteiger partial charge in [0, 0.05) is 11.9 Å². The van der Waals surface area contributed by atoms with Crippen molar-refractivity contribution in [2.75, 3.05) is 4.90 Å². The predicted octanol–water partition coefficient (Wildman–Crippen LogP) is 5.26. The van der Waals surface area contributed by atoms with Crippen LogP contribution in [0.5, 0.6) is 0 Å². The smallest absolute Gasteiger partial charge is 0.101 e. The van der Waals surface area contributed by atoms with E-state index < -0.39 is 0 Å². The predicted molar refractivity (Wildman–Crippen MR) is 107 cm³/mol. The molecular formula is C23H28N2. The Morgan fingerprint density at radius 1 is 1.16 bits per heavy atom. The Hall–Kier alpha value is -2.22. The van der Waals surface area contributed by atoms with Crippen LogP contribution in [-0.2, 0) is 6.42 Å². The van der Waals surface area contributed by atoms with Crippen molar-refractivity contribution in [3.63, 3.8) is 0 Å². The molecule has 2 aliphatic carbocycles. The minimum absolute atomic E-state index is 0.268. The standard InChI is InChI=1S/C23H28N2/c1-15(2)22-13-20(9-8-16(22)3)23-14-24-17(4)25(23)21-11-10-18-6-5-7-19(18)12-21/h5,7-17,22,24H,6H2,1-4H3. The van der Waals surface area contributed by atoms with Gasteiger partial charge in [-0.25, -0.2) is 0 Å². The number of fused-ring (bicyclic) bond motifs is 1. The fraction of sp³-hybridized carbons (Fsp3) is 0.391. The van der Waals surface area contributed by atoms with Crippen LogP contribution >= 0.6 is 0 Å². The summed E-state index contributed by atoms with van der Waals surface area (Å²) in [5.41, 5.74) is 6.67. The molecule has 1 aliphatic heterocycles. The van der Waals surface area contributed by atoms with Crippen LogP contribution in [0.4, 0.5) is 5.69 Å².